The number of hydrogen-bond acceptors (Lipinski definition) is 3. The second-order valence-corrected chi connectivity index (χ2v) is 5.28. The number of fused-ring (bicyclic) bond motifs is 1. The van der Waals surface area contributed by atoms with Crippen molar-refractivity contribution in [2.45, 2.75) is 24.7 Å². The Morgan fingerprint density at radius 2 is 1.94 bits per heavy atom. The second kappa shape index (κ2) is 3.63. The van der Waals surface area contributed by atoms with Crippen LogP contribution in [0.3, 0.4) is 0 Å². The predicted octanol–water partition coefficient (Wildman–Crippen LogP) is 2.68. The van der Waals surface area contributed by atoms with Crippen molar-refractivity contribution in [3.8, 4) is 11.5 Å². The lowest BCUT2D eigenvalue weighted by Crippen LogP contribution is -2.42. The third-order valence-corrected chi connectivity index (χ3v) is 4.25. The zero-order chi connectivity index (χ0) is 12.0. The van der Waals surface area contributed by atoms with Gasteiger partial charge in [0.2, 0.25) is 6.79 Å². The maximum atomic E-state index is 11.5. The van der Waals surface area contributed by atoms with E-state index in [4.69, 9.17) is 9.47 Å². The molecule has 4 nitrogen and oxygen atoms in total. The van der Waals surface area contributed by atoms with E-state index >= 15 is 0 Å². The Balaban J connectivity index is 2.11. The van der Waals surface area contributed by atoms with Crippen LogP contribution in [0, 0.1) is 0 Å². The van der Waals surface area contributed by atoms with Gasteiger partial charge in [-0.05, 0) is 30.5 Å². The van der Waals surface area contributed by atoms with Crippen molar-refractivity contribution >= 4 is 21.9 Å². The van der Waals surface area contributed by atoms with E-state index in [0.717, 1.165) is 16.5 Å². The molecule has 0 saturated heterocycles. The van der Waals surface area contributed by atoms with Gasteiger partial charge in [0.25, 0.3) is 0 Å². The van der Waals surface area contributed by atoms with Crippen molar-refractivity contribution in [1.82, 2.24) is 0 Å². The van der Waals surface area contributed by atoms with Crippen molar-refractivity contribution in [1.29, 1.82) is 0 Å². The number of benzene rings is 1. The summed E-state index contributed by atoms with van der Waals surface area (Å²) in [6.07, 6.45) is 2.31. The lowest BCUT2D eigenvalue weighted by molar-refractivity contribution is -0.147. The first-order valence-corrected chi connectivity index (χ1v) is 6.26. The number of carboxylic acids is 1. The van der Waals surface area contributed by atoms with Gasteiger partial charge in [-0.25, -0.2) is 0 Å². The van der Waals surface area contributed by atoms with E-state index in [1.807, 2.05) is 0 Å². The molecule has 1 N–H and O–H groups in total. The normalized spacial score (nSPS) is 19.8. The first kappa shape index (κ1) is 10.9. The SMILES string of the molecule is O=C(O)C1(c2cc3c(cc2Br)OCO3)CCC1. The highest BCUT2D eigenvalue weighted by atomic mass is 79.9. The van der Waals surface area contributed by atoms with Crippen molar-refractivity contribution in [3.05, 3.63) is 22.2 Å². The Morgan fingerprint density at radius 3 is 2.47 bits per heavy atom. The van der Waals surface area contributed by atoms with Crippen molar-refractivity contribution < 1.29 is 19.4 Å². The number of ether oxygens (including phenoxy) is 2. The number of halogens is 1. The molecule has 0 spiro atoms. The minimum Gasteiger partial charge on any atom is -0.481 e. The Morgan fingerprint density at radius 1 is 1.29 bits per heavy atom. The maximum Gasteiger partial charge on any atom is 0.314 e. The van der Waals surface area contributed by atoms with Gasteiger partial charge < -0.3 is 14.6 Å². The van der Waals surface area contributed by atoms with Gasteiger partial charge in [0.05, 0.1) is 5.41 Å². The van der Waals surface area contributed by atoms with Gasteiger partial charge >= 0.3 is 5.97 Å². The van der Waals surface area contributed by atoms with Crippen molar-refractivity contribution in [2.24, 2.45) is 0 Å². The molecule has 0 aromatic heterocycles. The van der Waals surface area contributed by atoms with Crippen LogP contribution in [0.2, 0.25) is 0 Å². The Labute approximate surface area is 107 Å². The van der Waals surface area contributed by atoms with E-state index < -0.39 is 11.4 Å². The molecule has 1 aromatic carbocycles. The van der Waals surface area contributed by atoms with Gasteiger partial charge in [0, 0.05) is 4.47 Å². The highest BCUT2D eigenvalue weighted by Crippen LogP contribution is 2.49. The van der Waals surface area contributed by atoms with Crippen molar-refractivity contribution in [2.75, 3.05) is 6.79 Å². The summed E-state index contributed by atoms with van der Waals surface area (Å²) in [5, 5.41) is 9.42. The molecule has 0 amide bonds. The Kier molecular flexibility index (Phi) is 2.33. The number of hydrogen-bond donors (Lipinski definition) is 1. The van der Waals surface area contributed by atoms with Crippen LogP contribution in [0.4, 0.5) is 0 Å². The summed E-state index contributed by atoms with van der Waals surface area (Å²) in [7, 11) is 0. The van der Waals surface area contributed by atoms with Gasteiger partial charge in [-0.1, -0.05) is 22.4 Å². The topological polar surface area (TPSA) is 55.8 Å². The predicted molar refractivity (Wildman–Crippen MR) is 63.4 cm³/mol. The quantitative estimate of drug-likeness (QED) is 0.912. The summed E-state index contributed by atoms with van der Waals surface area (Å²) in [5.74, 6) is 0.541. The molecule has 0 unspecified atom stereocenters. The second-order valence-electron chi connectivity index (χ2n) is 4.43. The zero-order valence-corrected chi connectivity index (χ0v) is 10.6. The molecule has 3 rings (SSSR count). The lowest BCUT2D eigenvalue weighted by atomic mass is 9.64. The standard InChI is InChI=1S/C12H11BrO4/c13-8-5-10-9(16-6-17-10)4-7(8)12(11(14)15)2-1-3-12/h4-5H,1-3,6H2,(H,14,15). The monoisotopic (exact) mass is 298 g/mol. The molecule has 1 aliphatic heterocycles. The van der Waals surface area contributed by atoms with Gasteiger partial charge in [0.1, 0.15) is 0 Å². The minimum absolute atomic E-state index is 0.200. The van der Waals surface area contributed by atoms with E-state index in [9.17, 15) is 9.90 Å². The van der Waals surface area contributed by atoms with Crippen LogP contribution in [0.25, 0.3) is 0 Å². The number of aliphatic carboxylic acids is 1. The van der Waals surface area contributed by atoms with Gasteiger partial charge in [-0.3, -0.25) is 4.79 Å². The molecular weight excluding hydrogens is 288 g/mol. The van der Waals surface area contributed by atoms with E-state index in [1.54, 1.807) is 12.1 Å². The number of carboxylic acid groups (broad SMARTS) is 1. The fraction of sp³-hybridized carbons (Fsp3) is 0.417. The van der Waals surface area contributed by atoms with Crippen molar-refractivity contribution in [3.63, 3.8) is 0 Å². The average Bonchev–Trinajstić information content (AvgIpc) is 2.62. The first-order valence-electron chi connectivity index (χ1n) is 5.46. The zero-order valence-electron chi connectivity index (χ0n) is 9.03. The fourth-order valence-corrected chi connectivity index (χ4v) is 3.11. The molecule has 5 heteroatoms. The van der Waals surface area contributed by atoms with E-state index in [2.05, 4.69) is 15.9 Å². The van der Waals surface area contributed by atoms with Crippen LogP contribution >= 0.6 is 15.9 Å². The highest BCUT2D eigenvalue weighted by Gasteiger charge is 2.47. The van der Waals surface area contributed by atoms with Crippen LogP contribution in [0.1, 0.15) is 24.8 Å². The largest absolute Gasteiger partial charge is 0.481 e. The maximum absolute atomic E-state index is 11.5. The summed E-state index contributed by atoms with van der Waals surface area (Å²) in [4.78, 5) is 11.5. The van der Waals surface area contributed by atoms with Crippen LogP contribution in [-0.4, -0.2) is 17.9 Å². The van der Waals surface area contributed by atoms with Gasteiger partial charge in [0.15, 0.2) is 11.5 Å². The highest BCUT2D eigenvalue weighted by molar-refractivity contribution is 9.10. The van der Waals surface area contributed by atoms with E-state index in [0.29, 0.717) is 24.3 Å². The summed E-state index contributed by atoms with van der Waals surface area (Å²) >= 11 is 3.43. The minimum atomic E-state index is -0.761. The molecule has 0 bridgehead atoms. The molecule has 2 aliphatic rings. The van der Waals surface area contributed by atoms with Crippen LogP contribution in [0.15, 0.2) is 16.6 Å². The molecule has 1 fully saturated rings. The van der Waals surface area contributed by atoms with E-state index in [-0.39, 0.29) is 6.79 Å². The summed E-state index contributed by atoms with van der Waals surface area (Å²) in [5.41, 5.74) is 0.0419. The van der Waals surface area contributed by atoms with Crippen LogP contribution in [0.5, 0.6) is 11.5 Å². The summed E-state index contributed by atoms with van der Waals surface area (Å²) in [6, 6.07) is 3.58. The fourth-order valence-electron chi connectivity index (χ4n) is 2.41. The van der Waals surface area contributed by atoms with Gasteiger partial charge in [-0.2, -0.15) is 0 Å². The molecule has 1 aromatic rings. The third-order valence-electron chi connectivity index (χ3n) is 3.59. The first-order chi connectivity index (χ1) is 8.13. The molecule has 0 radical (unpaired) electrons. The number of rotatable bonds is 2. The average molecular weight is 299 g/mol. The summed E-state index contributed by atoms with van der Waals surface area (Å²) < 4.78 is 11.3. The summed E-state index contributed by atoms with van der Waals surface area (Å²) in [6.45, 7) is 0.200. The molecule has 90 valence electrons. The van der Waals surface area contributed by atoms with Crippen LogP contribution < -0.4 is 9.47 Å². The molecule has 1 heterocycles. The Hall–Kier alpha value is -1.23. The molecule has 17 heavy (non-hydrogen) atoms. The number of carbonyl (C=O) groups is 1. The molecule has 1 aliphatic carbocycles. The third kappa shape index (κ3) is 1.45. The van der Waals surface area contributed by atoms with Gasteiger partial charge in [-0.15, -0.1) is 0 Å². The van der Waals surface area contributed by atoms with E-state index in [1.165, 1.54) is 0 Å². The molecule has 0 atom stereocenters. The molecular formula is C12H11BrO4. The Bertz CT molecular complexity index is 494. The van der Waals surface area contributed by atoms with Crippen LogP contribution in [-0.2, 0) is 10.2 Å². The molecule has 1 saturated carbocycles. The smallest absolute Gasteiger partial charge is 0.314 e. The lowest BCUT2D eigenvalue weighted by Gasteiger charge is -2.38.